The van der Waals surface area contributed by atoms with Crippen LogP contribution in [0.3, 0.4) is 0 Å². The lowest BCUT2D eigenvalue weighted by Gasteiger charge is -2.24. The van der Waals surface area contributed by atoms with Crippen LogP contribution in [0, 0.1) is 0 Å². The van der Waals surface area contributed by atoms with Crippen molar-refractivity contribution >= 4 is 12.0 Å². The van der Waals surface area contributed by atoms with Gasteiger partial charge < -0.3 is 9.94 Å². The van der Waals surface area contributed by atoms with Crippen LogP contribution >= 0.6 is 0 Å². The molecule has 7 heteroatoms. The highest BCUT2D eigenvalue weighted by atomic mass is 19.4. The Bertz CT molecular complexity index is 419. The molecule has 86 valence electrons. The predicted molar refractivity (Wildman–Crippen MR) is 50.0 cm³/mol. The molecule has 0 bridgehead atoms. The molecule has 4 nitrogen and oxygen atoms in total. The van der Waals surface area contributed by atoms with Crippen LogP contribution in [0.5, 0.6) is 5.75 Å². The molecule has 1 aromatic carbocycles. The van der Waals surface area contributed by atoms with E-state index in [1.165, 1.54) is 24.3 Å². The maximum Gasteiger partial charge on any atom is 0.448 e. The van der Waals surface area contributed by atoms with Gasteiger partial charge in [-0.1, -0.05) is 17.3 Å². The van der Waals surface area contributed by atoms with Gasteiger partial charge in [0, 0.05) is 0 Å². The van der Waals surface area contributed by atoms with E-state index in [0.717, 1.165) is 11.2 Å². The molecule has 0 radical (unpaired) electrons. The van der Waals surface area contributed by atoms with E-state index in [1.54, 1.807) is 0 Å². The summed E-state index contributed by atoms with van der Waals surface area (Å²) >= 11 is 0. The maximum absolute atomic E-state index is 12.5. The molecule has 0 aromatic heterocycles. The first kappa shape index (κ1) is 10.6. The SMILES string of the molecule is Oc1ccccc1N1C=NOC1C(F)(F)F. The number of hydrogen-bond donors (Lipinski definition) is 1. The maximum atomic E-state index is 12.5. The van der Waals surface area contributed by atoms with Gasteiger partial charge in [-0.3, -0.25) is 4.90 Å². The topological polar surface area (TPSA) is 45.1 Å². The Kier molecular flexibility index (Phi) is 2.37. The lowest BCUT2D eigenvalue weighted by atomic mass is 10.2. The summed E-state index contributed by atoms with van der Waals surface area (Å²) in [7, 11) is 0. The molecule has 0 aliphatic carbocycles. The van der Waals surface area contributed by atoms with Crippen LogP contribution in [0.1, 0.15) is 0 Å². The van der Waals surface area contributed by atoms with Gasteiger partial charge in [0.05, 0.1) is 5.69 Å². The predicted octanol–water partition coefficient (Wildman–Crippen LogP) is 2.06. The summed E-state index contributed by atoms with van der Waals surface area (Å²) in [5.41, 5.74) is -0.00826. The number of para-hydroxylation sites is 2. The fraction of sp³-hybridized carbons (Fsp3) is 0.222. The zero-order valence-electron chi connectivity index (χ0n) is 7.85. The van der Waals surface area contributed by atoms with Gasteiger partial charge in [-0.15, -0.1) is 0 Å². The van der Waals surface area contributed by atoms with Crippen molar-refractivity contribution in [3.63, 3.8) is 0 Å². The fourth-order valence-electron chi connectivity index (χ4n) is 1.34. The smallest absolute Gasteiger partial charge is 0.448 e. The summed E-state index contributed by atoms with van der Waals surface area (Å²) in [5.74, 6) is -0.270. The zero-order valence-corrected chi connectivity index (χ0v) is 7.85. The highest BCUT2D eigenvalue weighted by molar-refractivity contribution is 5.83. The molecule has 1 atom stereocenters. The van der Waals surface area contributed by atoms with Gasteiger partial charge in [0.25, 0.3) is 0 Å². The van der Waals surface area contributed by atoms with Crippen LogP contribution in [0.15, 0.2) is 29.4 Å². The number of phenols is 1. The fourth-order valence-corrected chi connectivity index (χ4v) is 1.34. The van der Waals surface area contributed by atoms with E-state index < -0.39 is 12.4 Å². The van der Waals surface area contributed by atoms with Gasteiger partial charge in [-0.05, 0) is 12.1 Å². The van der Waals surface area contributed by atoms with E-state index in [2.05, 4.69) is 9.99 Å². The van der Waals surface area contributed by atoms with Gasteiger partial charge in [0.1, 0.15) is 12.1 Å². The number of rotatable bonds is 1. The molecule has 0 saturated carbocycles. The Morgan fingerprint density at radius 2 is 2.00 bits per heavy atom. The highest BCUT2D eigenvalue weighted by Gasteiger charge is 2.49. The first-order valence-corrected chi connectivity index (χ1v) is 4.32. The van der Waals surface area contributed by atoms with Crippen LogP contribution in [0.2, 0.25) is 0 Å². The van der Waals surface area contributed by atoms with Crippen molar-refractivity contribution in [3.8, 4) is 5.75 Å². The number of halogens is 3. The minimum Gasteiger partial charge on any atom is -0.506 e. The number of aromatic hydroxyl groups is 1. The summed E-state index contributed by atoms with van der Waals surface area (Å²) < 4.78 is 37.5. The summed E-state index contributed by atoms with van der Waals surface area (Å²) in [6.07, 6.45) is -5.90. The molecule has 1 aliphatic rings. The number of benzene rings is 1. The summed E-state index contributed by atoms with van der Waals surface area (Å²) in [4.78, 5) is 4.92. The average molecular weight is 232 g/mol. The Morgan fingerprint density at radius 1 is 1.31 bits per heavy atom. The minimum atomic E-state index is -4.58. The molecule has 0 saturated heterocycles. The van der Waals surface area contributed by atoms with E-state index in [0.29, 0.717) is 0 Å². The molecular formula is C9H7F3N2O2. The van der Waals surface area contributed by atoms with Gasteiger partial charge in [-0.2, -0.15) is 13.2 Å². The molecule has 1 unspecified atom stereocenters. The Balaban J connectivity index is 2.34. The van der Waals surface area contributed by atoms with E-state index in [1.807, 2.05) is 0 Å². The molecule has 16 heavy (non-hydrogen) atoms. The van der Waals surface area contributed by atoms with Gasteiger partial charge in [0.15, 0.2) is 0 Å². The van der Waals surface area contributed by atoms with E-state index >= 15 is 0 Å². The molecule has 1 N–H and O–H groups in total. The summed E-state index contributed by atoms with van der Waals surface area (Å²) in [6, 6.07) is 5.65. The molecule has 0 spiro atoms. The van der Waals surface area contributed by atoms with Gasteiger partial charge in [-0.25, -0.2) is 0 Å². The Hall–Kier alpha value is -1.92. The third kappa shape index (κ3) is 1.75. The second-order valence-corrected chi connectivity index (χ2v) is 3.12. The molecule has 1 aliphatic heterocycles. The van der Waals surface area contributed by atoms with Crippen molar-refractivity contribution < 1.29 is 23.1 Å². The number of hydrogen-bond acceptors (Lipinski definition) is 4. The Labute approximate surface area is 88.5 Å². The van der Waals surface area contributed by atoms with Crippen LogP contribution in [0.4, 0.5) is 18.9 Å². The number of alkyl halides is 3. The van der Waals surface area contributed by atoms with Crippen molar-refractivity contribution in [3.05, 3.63) is 24.3 Å². The zero-order chi connectivity index (χ0) is 11.8. The summed E-state index contributed by atoms with van der Waals surface area (Å²) in [6.45, 7) is 0. The monoisotopic (exact) mass is 232 g/mol. The Morgan fingerprint density at radius 3 is 2.62 bits per heavy atom. The molecule has 0 fully saturated rings. The first-order chi connectivity index (χ1) is 7.50. The molecule has 0 amide bonds. The second kappa shape index (κ2) is 3.58. The quantitative estimate of drug-likeness (QED) is 0.806. The molecule has 1 aromatic rings. The molecule has 2 rings (SSSR count). The second-order valence-electron chi connectivity index (χ2n) is 3.12. The first-order valence-electron chi connectivity index (χ1n) is 4.32. The van der Waals surface area contributed by atoms with Gasteiger partial charge in [0.2, 0.25) is 0 Å². The minimum absolute atomic E-state index is 0.00826. The number of nitrogens with zero attached hydrogens (tertiary/aromatic N) is 2. The molecular weight excluding hydrogens is 225 g/mol. The van der Waals surface area contributed by atoms with Crippen molar-refractivity contribution in [2.24, 2.45) is 5.16 Å². The van der Waals surface area contributed by atoms with Crippen molar-refractivity contribution in [1.29, 1.82) is 0 Å². The normalized spacial score (nSPS) is 19.9. The van der Waals surface area contributed by atoms with Crippen molar-refractivity contribution in [1.82, 2.24) is 0 Å². The number of anilines is 1. The molecule has 1 heterocycles. The average Bonchev–Trinajstić information content (AvgIpc) is 2.66. The number of phenolic OH excluding ortho intramolecular Hbond substituents is 1. The van der Waals surface area contributed by atoms with E-state index in [4.69, 9.17) is 0 Å². The summed E-state index contributed by atoms with van der Waals surface area (Å²) in [5, 5.41) is 12.5. The standard InChI is InChI=1S/C9H7F3N2O2/c10-9(11,12)8-14(5-13-16-8)6-3-1-2-4-7(6)15/h1-5,8,15H. The van der Waals surface area contributed by atoms with E-state index in [9.17, 15) is 18.3 Å². The van der Waals surface area contributed by atoms with Crippen LogP contribution in [-0.4, -0.2) is 23.8 Å². The van der Waals surface area contributed by atoms with Gasteiger partial charge >= 0.3 is 12.4 Å². The van der Waals surface area contributed by atoms with Crippen molar-refractivity contribution in [2.75, 3.05) is 4.90 Å². The van der Waals surface area contributed by atoms with E-state index in [-0.39, 0.29) is 11.4 Å². The largest absolute Gasteiger partial charge is 0.506 e. The number of oxime groups is 1. The lowest BCUT2D eigenvalue weighted by Crippen LogP contribution is -2.42. The third-order valence-corrected chi connectivity index (χ3v) is 2.02. The van der Waals surface area contributed by atoms with Crippen molar-refractivity contribution in [2.45, 2.75) is 12.4 Å². The van der Waals surface area contributed by atoms with Crippen LogP contribution in [-0.2, 0) is 4.84 Å². The third-order valence-electron chi connectivity index (χ3n) is 2.02. The highest BCUT2D eigenvalue weighted by Crippen LogP contribution is 2.35. The lowest BCUT2D eigenvalue weighted by molar-refractivity contribution is -0.211. The van der Waals surface area contributed by atoms with Crippen LogP contribution in [0.25, 0.3) is 0 Å². The van der Waals surface area contributed by atoms with Crippen LogP contribution < -0.4 is 4.90 Å².